The molecule has 5 heterocycles. The molecule has 0 unspecified atom stereocenters. The van der Waals surface area contributed by atoms with Crippen molar-refractivity contribution in [3.8, 4) is 5.75 Å². The highest BCUT2D eigenvalue weighted by atomic mass is 16.5. The van der Waals surface area contributed by atoms with Gasteiger partial charge in [-0.05, 0) is 24.6 Å². The Morgan fingerprint density at radius 1 is 1.41 bits per heavy atom. The number of amides is 1. The second-order valence-corrected chi connectivity index (χ2v) is 7.96. The molecular weight excluding hydrogens is 350 g/mol. The summed E-state index contributed by atoms with van der Waals surface area (Å²) in [4.78, 5) is 27.2. The topological polar surface area (TPSA) is 85.3 Å². The number of aliphatic carboxylic acids is 1. The Bertz CT molecular complexity index is 912. The van der Waals surface area contributed by atoms with Crippen molar-refractivity contribution < 1.29 is 28.9 Å². The molecule has 27 heavy (non-hydrogen) atoms. The first kappa shape index (κ1) is 15.7. The number of carbonyl (C=O) groups excluding carboxylic acids is 1. The maximum Gasteiger partial charge on any atom is 0.310 e. The van der Waals surface area contributed by atoms with E-state index in [1.165, 1.54) is 0 Å². The molecule has 1 amide bonds. The highest BCUT2D eigenvalue weighted by molar-refractivity contribution is 6.04. The van der Waals surface area contributed by atoms with Crippen LogP contribution in [0.5, 0.6) is 5.75 Å². The summed E-state index contributed by atoms with van der Waals surface area (Å²) in [5, 5.41) is 9.76. The molecule has 5 aliphatic heterocycles. The van der Waals surface area contributed by atoms with Gasteiger partial charge in [-0.1, -0.05) is 12.2 Å². The normalized spacial score (nSPS) is 42.7. The monoisotopic (exact) mass is 369 g/mol. The molecule has 1 spiro atoms. The van der Waals surface area contributed by atoms with Gasteiger partial charge in [0.15, 0.2) is 0 Å². The zero-order valence-electron chi connectivity index (χ0n) is 14.7. The molecule has 5 aliphatic rings. The minimum atomic E-state index is -0.974. The molecule has 1 aromatic carbocycles. The third-order valence-corrected chi connectivity index (χ3v) is 6.96. The van der Waals surface area contributed by atoms with Crippen molar-refractivity contribution in [2.75, 3.05) is 18.6 Å². The van der Waals surface area contributed by atoms with E-state index in [1.54, 1.807) is 12.0 Å². The molecule has 6 rings (SSSR count). The van der Waals surface area contributed by atoms with Gasteiger partial charge in [-0.2, -0.15) is 0 Å². The van der Waals surface area contributed by atoms with Gasteiger partial charge in [0.05, 0.1) is 37.0 Å². The fourth-order valence-electron chi connectivity index (χ4n) is 6.02. The summed E-state index contributed by atoms with van der Waals surface area (Å²) in [6.45, 7) is 0.612. The van der Waals surface area contributed by atoms with E-state index in [0.717, 1.165) is 17.7 Å². The Hall–Kier alpha value is -2.38. The molecule has 0 aliphatic carbocycles. The highest BCUT2D eigenvalue weighted by Crippen LogP contribution is 2.62. The van der Waals surface area contributed by atoms with E-state index in [4.69, 9.17) is 14.2 Å². The van der Waals surface area contributed by atoms with E-state index in [9.17, 15) is 14.7 Å². The molecule has 3 fully saturated rings. The highest BCUT2D eigenvalue weighted by Gasteiger charge is 2.74. The maximum absolute atomic E-state index is 13.5. The number of carboxylic acids is 1. The molecule has 3 saturated heterocycles. The number of hydrogen-bond acceptors (Lipinski definition) is 5. The van der Waals surface area contributed by atoms with Crippen LogP contribution in [0, 0.1) is 17.8 Å². The number of nitrogens with zero attached hydrogens (tertiary/aromatic N) is 1. The third-order valence-electron chi connectivity index (χ3n) is 6.96. The average Bonchev–Trinajstić information content (AvgIpc) is 3.41. The molecule has 7 heteroatoms. The van der Waals surface area contributed by atoms with E-state index < -0.39 is 29.5 Å². The van der Waals surface area contributed by atoms with Gasteiger partial charge < -0.3 is 24.2 Å². The first-order valence-corrected chi connectivity index (χ1v) is 9.29. The lowest BCUT2D eigenvalue weighted by molar-refractivity contribution is -0.146. The fraction of sp³-hybridized carbons (Fsp3) is 0.500. The lowest BCUT2D eigenvalue weighted by Crippen LogP contribution is -2.53. The summed E-state index contributed by atoms with van der Waals surface area (Å²) >= 11 is 0. The number of benzene rings is 1. The molecule has 140 valence electrons. The number of carboxylic acid groups (broad SMARTS) is 1. The number of hydrogen-bond donors (Lipinski definition) is 1. The van der Waals surface area contributed by atoms with Gasteiger partial charge in [-0.25, -0.2) is 0 Å². The first-order valence-electron chi connectivity index (χ1n) is 9.29. The average molecular weight is 369 g/mol. The summed E-state index contributed by atoms with van der Waals surface area (Å²) in [7, 11) is 1.61. The maximum atomic E-state index is 13.5. The van der Waals surface area contributed by atoms with Crippen molar-refractivity contribution in [2.45, 2.75) is 30.3 Å². The third kappa shape index (κ3) is 1.66. The van der Waals surface area contributed by atoms with Crippen LogP contribution in [0.15, 0.2) is 30.4 Å². The minimum Gasteiger partial charge on any atom is -0.497 e. The Morgan fingerprint density at radius 3 is 3.04 bits per heavy atom. The van der Waals surface area contributed by atoms with Gasteiger partial charge in [0, 0.05) is 18.1 Å². The summed E-state index contributed by atoms with van der Waals surface area (Å²) < 4.78 is 17.7. The van der Waals surface area contributed by atoms with Crippen LogP contribution in [0.1, 0.15) is 18.1 Å². The Labute approximate surface area is 155 Å². The lowest BCUT2D eigenvalue weighted by Gasteiger charge is -2.44. The van der Waals surface area contributed by atoms with Crippen LogP contribution < -0.4 is 9.64 Å². The number of methoxy groups -OCH3 is 1. The molecule has 0 saturated carbocycles. The second kappa shape index (κ2) is 4.91. The summed E-state index contributed by atoms with van der Waals surface area (Å²) in [6.07, 6.45) is 3.90. The number of carbonyl (C=O) groups is 2. The van der Waals surface area contributed by atoms with E-state index in [-0.39, 0.29) is 24.0 Å². The van der Waals surface area contributed by atoms with Gasteiger partial charge in [-0.3, -0.25) is 9.59 Å². The van der Waals surface area contributed by atoms with E-state index in [0.29, 0.717) is 12.4 Å². The number of fused-ring (bicyclic) bond motifs is 7. The number of ether oxygens (including phenoxy) is 3. The lowest BCUT2D eigenvalue weighted by atomic mass is 9.70. The molecular formula is C20H19NO6. The Balaban J connectivity index is 1.57. The summed E-state index contributed by atoms with van der Waals surface area (Å²) in [6, 6.07) is 5.39. The van der Waals surface area contributed by atoms with Gasteiger partial charge in [-0.15, -0.1) is 0 Å². The van der Waals surface area contributed by atoms with Gasteiger partial charge >= 0.3 is 5.97 Å². The van der Waals surface area contributed by atoms with Gasteiger partial charge in [0.25, 0.3) is 0 Å². The fourth-order valence-corrected chi connectivity index (χ4v) is 6.02. The zero-order chi connectivity index (χ0) is 18.5. The van der Waals surface area contributed by atoms with Gasteiger partial charge in [0.2, 0.25) is 5.91 Å². The summed E-state index contributed by atoms with van der Waals surface area (Å²) in [5.74, 6) is -1.88. The molecule has 0 radical (unpaired) electrons. The molecule has 7 nitrogen and oxygen atoms in total. The van der Waals surface area contributed by atoms with E-state index in [2.05, 4.69) is 0 Å². The van der Waals surface area contributed by atoms with Crippen molar-refractivity contribution in [3.05, 3.63) is 35.9 Å². The van der Waals surface area contributed by atoms with Crippen molar-refractivity contribution in [3.63, 3.8) is 0 Å². The van der Waals surface area contributed by atoms with Crippen molar-refractivity contribution in [1.82, 2.24) is 0 Å². The Morgan fingerprint density at radius 2 is 2.26 bits per heavy atom. The SMILES string of the molecule is COc1ccc2c(c1)[C@@H]1OCC[C@@H]1[C@@H]1N2C(=O)[C@H]2[C@@H](C(=O)O)[C@H]3C=C[C@@]12O3. The largest absolute Gasteiger partial charge is 0.497 e. The molecule has 1 N–H and O–H groups in total. The number of rotatable bonds is 2. The predicted octanol–water partition coefficient (Wildman–Crippen LogP) is 1.53. The second-order valence-electron chi connectivity index (χ2n) is 7.96. The predicted molar refractivity (Wildman–Crippen MR) is 92.4 cm³/mol. The van der Waals surface area contributed by atoms with E-state index >= 15 is 0 Å². The van der Waals surface area contributed by atoms with Crippen LogP contribution in [0.3, 0.4) is 0 Å². The smallest absolute Gasteiger partial charge is 0.310 e. The van der Waals surface area contributed by atoms with Crippen molar-refractivity contribution in [2.24, 2.45) is 17.8 Å². The minimum absolute atomic E-state index is 0.0644. The van der Waals surface area contributed by atoms with Crippen molar-refractivity contribution >= 4 is 17.6 Å². The number of anilines is 1. The van der Waals surface area contributed by atoms with Crippen LogP contribution in [0.25, 0.3) is 0 Å². The molecule has 0 aromatic heterocycles. The van der Waals surface area contributed by atoms with Crippen LogP contribution in [-0.2, 0) is 19.1 Å². The van der Waals surface area contributed by atoms with E-state index in [1.807, 2.05) is 30.4 Å². The van der Waals surface area contributed by atoms with Gasteiger partial charge in [0.1, 0.15) is 17.3 Å². The Kier molecular flexibility index (Phi) is 2.85. The quantitative estimate of drug-likeness (QED) is 0.796. The molecule has 7 atom stereocenters. The van der Waals surface area contributed by atoms with Crippen LogP contribution in [0.4, 0.5) is 5.69 Å². The van der Waals surface area contributed by atoms with Crippen molar-refractivity contribution in [1.29, 1.82) is 0 Å². The van der Waals surface area contributed by atoms with Crippen LogP contribution >= 0.6 is 0 Å². The van der Waals surface area contributed by atoms with Crippen LogP contribution in [0.2, 0.25) is 0 Å². The zero-order valence-corrected chi connectivity index (χ0v) is 14.7. The summed E-state index contributed by atoms with van der Waals surface area (Å²) in [5.41, 5.74) is 0.838. The van der Waals surface area contributed by atoms with Crippen LogP contribution in [-0.4, -0.2) is 48.4 Å². The molecule has 1 aromatic rings. The molecule has 2 bridgehead atoms. The standard InChI is InChI=1S/C20H19NO6/c1-25-9-2-3-12-11(8-9)16-10(5-7-26-16)17-20-6-4-13(27-20)14(19(23)24)15(20)18(22)21(12)17/h2-4,6,8,10,13-17H,5,7H2,1H3,(H,23,24)/t10-,13+,14-,15+,16+,17-,20-/m0/s1. The first-order chi connectivity index (χ1) is 13.1.